The molecule has 0 amide bonds. The molecule has 2 N–H and O–H groups in total. The molecule has 0 aliphatic heterocycles. The van der Waals surface area contributed by atoms with E-state index in [1.807, 2.05) is 0 Å². The molecule has 2 bridgehead atoms. The normalized spacial score (nSPS) is 44.4. The van der Waals surface area contributed by atoms with Gasteiger partial charge in [0, 0.05) is 5.92 Å². The van der Waals surface area contributed by atoms with Gasteiger partial charge in [-0.15, -0.1) is 12.4 Å². The van der Waals surface area contributed by atoms with Gasteiger partial charge in [0.15, 0.2) is 5.82 Å². The predicted molar refractivity (Wildman–Crippen MR) is 71.8 cm³/mol. The Kier molecular flexibility index (Phi) is 2.39. The molecular formula is C14H20ClN3O. The summed E-state index contributed by atoms with van der Waals surface area (Å²) in [6.07, 6.45) is 7.55. The van der Waals surface area contributed by atoms with Crippen LogP contribution in [0.3, 0.4) is 0 Å². The lowest BCUT2D eigenvalue weighted by molar-refractivity contribution is 0.228. The van der Waals surface area contributed by atoms with Crippen molar-refractivity contribution in [1.29, 1.82) is 0 Å². The molecule has 0 radical (unpaired) electrons. The van der Waals surface area contributed by atoms with Crippen molar-refractivity contribution in [2.45, 2.75) is 50.0 Å². The smallest absolute Gasteiger partial charge is 0.230 e. The molecule has 1 heterocycles. The van der Waals surface area contributed by atoms with Crippen molar-refractivity contribution in [3.8, 4) is 0 Å². The van der Waals surface area contributed by atoms with Crippen molar-refractivity contribution >= 4 is 12.4 Å². The molecule has 104 valence electrons. The van der Waals surface area contributed by atoms with Crippen LogP contribution >= 0.6 is 12.4 Å². The van der Waals surface area contributed by atoms with E-state index in [9.17, 15) is 0 Å². The fourth-order valence-corrected chi connectivity index (χ4v) is 5.01. The lowest BCUT2D eigenvalue weighted by atomic mass is 9.77. The van der Waals surface area contributed by atoms with Crippen LogP contribution < -0.4 is 5.73 Å². The monoisotopic (exact) mass is 281 g/mol. The first-order valence-electron chi connectivity index (χ1n) is 7.39. The van der Waals surface area contributed by atoms with Crippen LogP contribution in [0.4, 0.5) is 0 Å². The zero-order chi connectivity index (χ0) is 11.9. The Balaban J connectivity index is 0.000000968. The molecule has 0 saturated heterocycles. The molecule has 0 spiro atoms. The Labute approximate surface area is 118 Å². The zero-order valence-electron chi connectivity index (χ0n) is 10.9. The quantitative estimate of drug-likeness (QED) is 0.905. The van der Waals surface area contributed by atoms with E-state index in [2.05, 4.69) is 10.1 Å². The first kappa shape index (κ1) is 12.2. The minimum Gasteiger partial charge on any atom is -0.339 e. The van der Waals surface area contributed by atoms with Crippen molar-refractivity contribution in [3.63, 3.8) is 0 Å². The van der Waals surface area contributed by atoms with Crippen molar-refractivity contribution in [2.24, 2.45) is 29.4 Å². The average molecular weight is 282 g/mol. The lowest BCUT2D eigenvalue weighted by Gasteiger charge is -2.34. The SMILES string of the molecule is Cl.NC1(c2noc(C3C4C5CCC(C5)C34)n2)CCC1. The summed E-state index contributed by atoms with van der Waals surface area (Å²) in [6.45, 7) is 0. The van der Waals surface area contributed by atoms with Gasteiger partial charge in [-0.25, -0.2) is 0 Å². The van der Waals surface area contributed by atoms with E-state index in [-0.39, 0.29) is 17.9 Å². The summed E-state index contributed by atoms with van der Waals surface area (Å²) in [5, 5.41) is 4.16. The largest absolute Gasteiger partial charge is 0.339 e. The van der Waals surface area contributed by atoms with Gasteiger partial charge in [0.05, 0.1) is 5.54 Å². The third-order valence-corrected chi connectivity index (χ3v) is 6.15. The van der Waals surface area contributed by atoms with Crippen molar-refractivity contribution in [3.05, 3.63) is 11.7 Å². The summed E-state index contributed by atoms with van der Waals surface area (Å²) >= 11 is 0. The van der Waals surface area contributed by atoms with E-state index in [0.29, 0.717) is 5.92 Å². The Morgan fingerprint density at radius 1 is 1.16 bits per heavy atom. The summed E-state index contributed by atoms with van der Waals surface area (Å²) in [6, 6.07) is 0. The number of nitrogens with zero attached hydrogens (tertiary/aromatic N) is 2. The van der Waals surface area contributed by atoms with Gasteiger partial charge in [0.25, 0.3) is 0 Å². The van der Waals surface area contributed by atoms with Gasteiger partial charge in [-0.1, -0.05) is 5.16 Å². The van der Waals surface area contributed by atoms with Gasteiger partial charge in [-0.3, -0.25) is 0 Å². The summed E-state index contributed by atoms with van der Waals surface area (Å²) < 4.78 is 5.53. The highest BCUT2D eigenvalue weighted by Crippen LogP contribution is 2.72. The van der Waals surface area contributed by atoms with Gasteiger partial charge < -0.3 is 10.3 Å². The predicted octanol–water partition coefficient (Wildman–Crippen LogP) is 2.59. The Morgan fingerprint density at radius 3 is 2.42 bits per heavy atom. The van der Waals surface area contributed by atoms with Gasteiger partial charge in [-0.2, -0.15) is 4.98 Å². The molecule has 0 aromatic carbocycles. The van der Waals surface area contributed by atoms with E-state index < -0.39 is 0 Å². The Hall–Kier alpha value is -0.610. The number of hydrogen-bond acceptors (Lipinski definition) is 4. The second-order valence-corrected chi connectivity index (χ2v) is 6.98. The van der Waals surface area contributed by atoms with Crippen LogP contribution in [0.1, 0.15) is 56.2 Å². The zero-order valence-corrected chi connectivity index (χ0v) is 11.7. The maximum Gasteiger partial charge on any atom is 0.230 e. The first-order valence-corrected chi connectivity index (χ1v) is 7.39. The molecule has 4 fully saturated rings. The van der Waals surface area contributed by atoms with Gasteiger partial charge in [0.2, 0.25) is 5.89 Å². The maximum absolute atomic E-state index is 6.26. The van der Waals surface area contributed by atoms with Crippen LogP contribution in [0.5, 0.6) is 0 Å². The number of rotatable bonds is 2. The minimum atomic E-state index is -0.273. The van der Waals surface area contributed by atoms with Crippen LogP contribution in [0.15, 0.2) is 4.52 Å². The summed E-state index contributed by atoms with van der Waals surface area (Å²) in [4.78, 5) is 4.64. The number of hydrogen-bond donors (Lipinski definition) is 1. The van der Waals surface area contributed by atoms with Crippen molar-refractivity contribution in [2.75, 3.05) is 0 Å². The molecule has 1 aromatic rings. The molecule has 1 aromatic heterocycles. The minimum absolute atomic E-state index is 0. The van der Waals surface area contributed by atoms with Gasteiger partial charge >= 0.3 is 0 Å². The fraction of sp³-hybridized carbons (Fsp3) is 0.857. The van der Waals surface area contributed by atoms with Crippen molar-refractivity contribution in [1.82, 2.24) is 10.1 Å². The van der Waals surface area contributed by atoms with Gasteiger partial charge in [0.1, 0.15) is 0 Å². The second kappa shape index (κ2) is 3.73. The molecule has 19 heavy (non-hydrogen) atoms. The first-order chi connectivity index (χ1) is 8.76. The van der Waals surface area contributed by atoms with Crippen molar-refractivity contribution < 1.29 is 4.52 Å². The highest BCUT2D eigenvalue weighted by atomic mass is 35.5. The topological polar surface area (TPSA) is 64.9 Å². The second-order valence-electron chi connectivity index (χ2n) is 6.98. The number of aromatic nitrogens is 2. The molecule has 4 unspecified atom stereocenters. The van der Waals surface area contributed by atoms with Gasteiger partial charge in [-0.05, 0) is 62.2 Å². The number of halogens is 1. The molecule has 4 saturated carbocycles. The maximum atomic E-state index is 6.26. The lowest BCUT2D eigenvalue weighted by Crippen LogP contribution is -2.44. The fourth-order valence-electron chi connectivity index (χ4n) is 5.01. The summed E-state index contributed by atoms with van der Waals surface area (Å²) in [7, 11) is 0. The highest BCUT2D eigenvalue weighted by Gasteiger charge is 2.67. The Morgan fingerprint density at radius 2 is 1.84 bits per heavy atom. The third kappa shape index (κ3) is 1.44. The van der Waals surface area contributed by atoms with Crippen LogP contribution in [-0.2, 0) is 5.54 Å². The molecule has 4 aliphatic carbocycles. The van der Waals surface area contributed by atoms with E-state index in [4.69, 9.17) is 10.3 Å². The van der Waals surface area contributed by atoms with Crippen LogP contribution in [0.2, 0.25) is 0 Å². The molecule has 4 aliphatic rings. The summed E-state index contributed by atoms with van der Waals surface area (Å²) in [5.74, 6) is 5.89. The van der Waals surface area contributed by atoms with Crippen LogP contribution in [0.25, 0.3) is 0 Å². The molecule has 4 atom stereocenters. The van der Waals surface area contributed by atoms with E-state index in [0.717, 1.165) is 48.2 Å². The van der Waals surface area contributed by atoms with Crippen LogP contribution in [0, 0.1) is 23.7 Å². The van der Waals surface area contributed by atoms with Crippen LogP contribution in [-0.4, -0.2) is 10.1 Å². The van der Waals surface area contributed by atoms with E-state index in [1.165, 1.54) is 25.7 Å². The molecule has 5 heteroatoms. The molecule has 4 nitrogen and oxygen atoms in total. The average Bonchev–Trinajstić information content (AvgIpc) is 2.79. The molecule has 5 rings (SSSR count). The number of nitrogens with two attached hydrogens (primary N) is 1. The standard InChI is InChI=1S/C14H19N3O.ClH/c15-14(4-1-5-14)13-16-12(18-17-13)11-9-7-2-3-8(6-7)10(9)11;/h7-11H,1-6,15H2;1H. The molecular weight excluding hydrogens is 262 g/mol. The Bertz CT molecular complexity index is 497. The third-order valence-electron chi connectivity index (χ3n) is 6.15. The van der Waals surface area contributed by atoms with E-state index in [1.54, 1.807) is 0 Å². The summed E-state index contributed by atoms with van der Waals surface area (Å²) in [5.41, 5.74) is 5.98. The highest BCUT2D eigenvalue weighted by molar-refractivity contribution is 5.85. The number of fused-ring (bicyclic) bond motifs is 5. The van der Waals surface area contributed by atoms with E-state index >= 15 is 0 Å².